The molecule has 0 amide bonds. The average molecular weight is 300 g/mol. The molecule has 2 aromatic carbocycles. The largest absolute Gasteiger partial charge is 0.573 e. The molecule has 0 fully saturated rings. The van der Waals surface area contributed by atoms with Crippen LogP contribution in [-0.2, 0) is 0 Å². The number of halogens is 4. The fourth-order valence-corrected chi connectivity index (χ4v) is 1.75. The van der Waals surface area contributed by atoms with Crippen LogP contribution >= 0.6 is 0 Å². The van der Waals surface area contributed by atoms with Crippen molar-refractivity contribution in [3.05, 3.63) is 48.3 Å². The van der Waals surface area contributed by atoms with Gasteiger partial charge in [-0.25, -0.2) is 4.39 Å². The van der Waals surface area contributed by atoms with Crippen molar-refractivity contribution in [1.82, 2.24) is 0 Å². The van der Waals surface area contributed by atoms with E-state index in [1.54, 1.807) is 18.0 Å². The summed E-state index contributed by atoms with van der Waals surface area (Å²) in [5, 5.41) is 0. The van der Waals surface area contributed by atoms with Crippen LogP contribution in [0.3, 0.4) is 0 Å². The first-order valence-electron chi connectivity index (χ1n) is 5.91. The Bertz CT molecular complexity index is 626. The zero-order valence-corrected chi connectivity index (χ0v) is 11.0. The third kappa shape index (κ3) is 3.77. The van der Waals surface area contributed by atoms with E-state index in [-0.39, 0.29) is 11.4 Å². The molecule has 0 saturated carbocycles. The molecule has 0 aliphatic carbocycles. The number of alkyl halides is 3. The molecule has 7 heteroatoms. The number of hydrogen-bond acceptors (Lipinski definition) is 3. The third-order valence-electron chi connectivity index (χ3n) is 2.83. The summed E-state index contributed by atoms with van der Waals surface area (Å²) >= 11 is 0. The Kier molecular flexibility index (Phi) is 3.93. The first-order valence-corrected chi connectivity index (χ1v) is 5.91. The van der Waals surface area contributed by atoms with Crippen LogP contribution in [-0.4, -0.2) is 13.4 Å². The first-order chi connectivity index (χ1) is 9.76. The van der Waals surface area contributed by atoms with Gasteiger partial charge in [0.05, 0.1) is 5.69 Å². The molecule has 0 heterocycles. The standard InChI is InChI=1S/C14H12F4N2O/c1-20(10-4-7-13(19)12(15)8-10)9-2-5-11(6-3-9)21-14(16,17)18/h2-8H,19H2,1H3. The summed E-state index contributed by atoms with van der Waals surface area (Å²) < 4.78 is 53.4. The van der Waals surface area contributed by atoms with Gasteiger partial charge in [0.15, 0.2) is 0 Å². The molecule has 0 saturated heterocycles. The van der Waals surface area contributed by atoms with Gasteiger partial charge in [-0.05, 0) is 42.5 Å². The average Bonchev–Trinajstić information content (AvgIpc) is 2.40. The molecular formula is C14H12F4N2O. The minimum absolute atomic E-state index is 0.0288. The second kappa shape index (κ2) is 5.51. The van der Waals surface area contributed by atoms with Crippen molar-refractivity contribution in [3.8, 4) is 5.75 Å². The van der Waals surface area contributed by atoms with E-state index in [1.165, 1.54) is 36.4 Å². The van der Waals surface area contributed by atoms with Gasteiger partial charge in [-0.3, -0.25) is 0 Å². The lowest BCUT2D eigenvalue weighted by molar-refractivity contribution is -0.274. The van der Waals surface area contributed by atoms with Gasteiger partial charge in [-0.2, -0.15) is 0 Å². The Hall–Kier alpha value is -2.44. The van der Waals surface area contributed by atoms with Crippen molar-refractivity contribution in [2.75, 3.05) is 17.7 Å². The number of benzene rings is 2. The highest BCUT2D eigenvalue weighted by atomic mass is 19.4. The van der Waals surface area contributed by atoms with Crippen molar-refractivity contribution >= 4 is 17.1 Å². The van der Waals surface area contributed by atoms with E-state index in [1.807, 2.05) is 0 Å². The number of anilines is 3. The number of nitrogens with zero attached hydrogens (tertiary/aromatic N) is 1. The maximum absolute atomic E-state index is 13.4. The highest BCUT2D eigenvalue weighted by Gasteiger charge is 2.31. The molecule has 0 spiro atoms. The fourth-order valence-electron chi connectivity index (χ4n) is 1.75. The van der Waals surface area contributed by atoms with Crippen molar-refractivity contribution in [3.63, 3.8) is 0 Å². The Balaban J connectivity index is 2.19. The van der Waals surface area contributed by atoms with E-state index in [0.717, 1.165) is 0 Å². The maximum Gasteiger partial charge on any atom is 0.573 e. The summed E-state index contributed by atoms with van der Waals surface area (Å²) in [4.78, 5) is 1.61. The monoisotopic (exact) mass is 300 g/mol. The molecule has 3 nitrogen and oxygen atoms in total. The second-order valence-electron chi connectivity index (χ2n) is 4.31. The molecule has 0 atom stereocenters. The molecule has 0 radical (unpaired) electrons. The fraction of sp³-hybridized carbons (Fsp3) is 0.143. The third-order valence-corrected chi connectivity index (χ3v) is 2.83. The Morgan fingerprint density at radius 2 is 1.57 bits per heavy atom. The van der Waals surface area contributed by atoms with Gasteiger partial charge in [0.2, 0.25) is 0 Å². The van der Waals surface area contributed by atoms with Gasteiger partial charge in [-0.15, -0.1) is 13.2 Å². The van der Waals surface area contributed by atoms with Gasteiger partial charge < -0.3 is 15.4 Å². The lowest BCUT2D eigenvalue weighted by Gasteiger charge is -2.20. The van der Waals surface area contributed by atoms with Crippen LogP contribution < -0.4 is 15.4 Å². The van der Waals surface area contributed by atoms with Gasteiger partial charge >= 0.3 is 6.36 Å². The molecule has 0 aliphatic heterocycles. The minimum atomic E-state index is -4.73. The summed E-state index contributed by atoms with van der Waals surface area (Å²) in [7, 11) is 1.66. The molecular weight excluding hydrogens is 288 g/mol. The van der Waals surface area contributed by atoms with Crippen LogP contribution in [0.1, 0.15) is 0 Å². The van der Waals surface area contributed by atoms with E-state index >= 15 is 0 Å². The Labute approximate surface area is 118 Å². The number of ether oxygens (including phenoxy) is 1. The SMILES string of the molecule is CN(c1ccc(OC(F)(F)F)cc1)c1ccc(N)c(F)c1. The summed E-state index contributed by atoms with van der Waals surface area (Å²) in [6.07, 6.45) is -4.73. The van der Waals surface area contributed by atoms with Crippen LogP contribution in [0.15, 0.2) is 42.5 Å². The van der Waals surface area contributed by atoms with E-state index < -0.39 is 12.2 Å². The first kappa shape index (κ1) is 15.0. The molecule has 0 bridgehead atoms. The van der Waals surface area contributed by atoms with Crippen molar-refractivity contribution in [2.24, 2.45) is 0 Å². The lowest BCUT2D eigenvalue weighted by Crippen LogP contribution is -2.17. The molecule has 0 aromatic heterocycles. The summed E-state index contributed by atoms with van der Waals surface area (Å²) in [5.41, 5.74) is 6.52. The zero-order chi connectivity index (χ0) is 15.6. The molecule has 0 aliphatic rings. The number of rotatable bonds is 3. The van der Waals surface area contributed by atoms with Crippen LogP contribution in [0.5, 0.6) is 5.75 Å². The Morgan fingerprint density at radius 3 is 2.10 bits per heavy atom. The van der Waals surface area contributed by atoms with Gasteiger partial charge in [0, 0.05) is 18.4 Å². The smallest absolute Gasteiger partial charge is 0.406 e. The molecule has 112 valence electrons. The topological polar surface area (TPSA) is 38.5 Å². The van der Waals surface area contributed by atoms with E-state index in [9.17, 15) is 17.6 Å². The quantitative estimate of drug-likeness (QED) is 0.686. The van der Waals surface area contributed by atoms with Crippen LogP contribution in [0, 0.1) is 5.82 Å². The van der Waals surface area contributed by atoms with Crippen LogP contribution in [0.25, 0.3) is 0 Å². The summed E-state index contributed by atoms with van der Waals surface area (Å²) in [6, 6.07) is 9.53. The normalized spacial score (nSPS) is 11.3. The van der Waals surface area contributed by atoms with E-state index in [4.69, 9.17) is 5.73 Å². The van der Waals surface area contributed by atoms with E-state index in [2.05, 4.69) is 4.74 Å². The molecule has 2 aromatic rings. The van der Waals surface area contributed by atoms with Crippen LogP contribution in [0.4, 0.5) is 34.6 Å². The molecule has 21 heavy (non-hydrogen) atoms. The van der Waals surface area contributed by atoms with Crippen molar-refractivity contribution in [1.29, 1.82) is 0 Å². The zero-order valence-electron chi connectivity index (χ0n) is 11.0. The molecule has 2 N–H and O–H groups in total. The molecule has 0 unspecified atom stereocenters. The highest BCUT2D eigenvalue weighted by molar-refractivity contribution is 5.65. The number of hydrogen-bond donors (Lipinski definition) is 1. The van der Waals surface area contributed by atoms with Gasteiger partial charge in [0.1, 0.15) is 11.6 Å². The number of nitrogens with two attached hydrogens (primary N) is 1. The maximum atomic E-state index is 13.4. The second-order valence-corrected chi connectivity index (χ2v) is 4.31. The predicted octanol–water partition coefficient (Wildman–Crippen LogP) is 4.07. The Morgan fingerprint density at radius 1 is 1.00 bits per heavy atom. The lowest BCUT2D eigenvalue weighted by atomic mass is 10.2. The summed E-state index contributed by atoms with van der Waals surface area (Å²) in [6.45, 7) is 0. The predicted molar refractivity (Wildman–Crippen MR) is 72.0 cm³/mol. The minimum Gasteiger partial charge on any atom is -0.406 e. The molecule has 2 rings (SSSR count). The van der Waals surface area contributed by atoms with Gasteiger partial charge in [-0.1, -0.05) is 0 Å². The summed E-state index contributed by atoms with van der Waals surface area (Å²) in [5.74, 6) is -0.875. The van der Waals surface area contributed by atoms with E-state index in [0.29, 0.717) is 11.4 Å². The van der Waals surface area contributed by atoms with Crippen molar-refractivity contribution < 1.29 is 22.3 Å². The van der Waals surface area contributed by atoms with Crippen molar-refractivity contribution in [2.45, 2.75) is 6.36 Å². The highest BCUT2D eigenvalue weighted by Crippen LogP contribution is 2.29. The van der Waals surface area contributed by atoms with Crippen LogP contribution in [0.2, 0.25) is 0 Å². The number of nitrogen functional groups attached to an aromatic ring is 1. The van der Waals surface area contributed by atoms with Gasteiger partial charge in [0.25, 0.3) is 0 Å².